The maximum Gasteiger partial charge on any atom is 0.278 e. The predicted molar refractivity (Wildman–Crippen MR) is 125 cm³/mol. The van der Waals surface area contributed by atoms with Crippen LogP contribution in [0.5, 0.6) is 5.75 Å². The van der Waals surface area contributed by atoms with Crippen LogP contribution < -0.4 is 10.4 Å². The highest BCUT2D eigenvalue weighted by Crippen LogP contribution is 2.47. The van der Waals surface area contributed by atoms with Gasteiger partial charge in [-0.1, -0.05) is 24.3 Å². The molecule has 2 atom stereocenters. The second-order valence-corrected chi connectivity index (χ2v) is 9.58. The molecule has 1 aromatic heterocycles. The molecule has 0 aliphatic carbocycles. The highest BCUT2D eigenvalue weighted by molar-refractivity contribution is 7.98. The highest BCUT2D eigenvalue weighted by Gasteiger charge is 2.51. The van der Waals surface area contributed by atoms with Gasteiger partial charge in [-0.2, -0.15) is 0 Å². The molecule has 0 bridgehead atoms. The number of halogens is 2. The summed E-state index contributed by atoms with van der Waals surface area (Å²) in [4.78, 5) is 27.9. The Morgan fingerprint density at radius 3 is 2.74 bits per heavy atom. The smallest absolute Gasteiger partial charge is 0.278 e. The van der Waals surface area contributed by atoms with Crippen molar-refractivity contribution in [2.24, 2.45) is 0 Å². The minimum Gasteiger partial charge on any atom is -0.502 e. The first-order chi connectivity index (χ1) is 16.8. The molecule has 1 N–H and O–H groups in total. The van der Waals surface area contributed by atoms with E-state index in [4.69, 9.17) is 12.6 Å². The van der Waals surface area contributed by atoms with Gasteiger partial charge in [-0.3, -0.25) is 19.3 Å². The molecule has 1 saturated heterocycles. The van der Waals surface area contributed by atoms with Crippen LogP contribution >= 0.6 is 11.8 Å². The Morgan fingerprint density at radius 1 is 1.11 bits per heavy atom. The van der Waals surface area contributed by atoms with Gasteiger partial charge in [0.25, 0.3) is 5.91 Å². The van der Waals surface area contributed by atoms with Gasteiger partial charge in [0.1, 0.15) is 14.0 Å². The number of carbonyl (C=O) groups excluding carboxylic acids is 1. The molecule has 11 heteroatoms. The normalized spacial score (nSPS) is 23.1. The predicted octanol–water partition coefficient (Wildman–Crippen LogP) is 2.26. The van der Waals surface area contributed by atoms with Crippen molar-refractivity contribution < 1.29 is 23.4 Å². The minimum atomic E-state index is -1.63. The number of pyridine rings is 1. The van der Waals surface area contributed by atoms with E-state index < -0.39 is 40.3 Å². The summed E-state index contributed by atoms with van der Waals surface area (Å²) in [5, 5.41) is 12.3. The van der Waals surface area contributed by atoms with E-state index in [-0.39, 0.29) is 36.8 Å². The van der Waals surface area contributed by atoms with Gasteiger partial charge in [0.2, 0.25) is 5.43 Å². The van der Waals surface area contributed by atoms with E-state index in [0.29, 0.717) is 11.1 Å². The number of hydrogen-bond acceptors (Lipinski definition) is 6. The molecule has 0 saturated carbocycles. The number of rotatable bonds is 1. The molecule has 3 aromatic rings. The molecule has 2 radical (unpaired) electrons. The Balaban J connectivity index is 1.72. The minimum absolute atomic E-state index is 0.0747. The van der Waals surface area contributed by atoms with Crippen molar-refractivity contribution in [2.45, 2.75) is 22.3 Å². The summed E-state index contributed by atoms with van der Waals surface area (Å²) in [6.07, 6.45) is 0.600. The number of morpholine rings is 1. The third-order valence-corrected chi connectivity index (χ3v) is 7.87. The molecule has 35 heavy (non-hydrogen) atoms. The number of benzene rings is 2. The molecular weight excluding hydrogens is 475 g/mol. The number of fused-ring (bicyclic) bond motifs is 4. The molecule has 7 nitrogen and oxygen atoms in total. The summed E-state index contributed by atoms with van der Waals surface area (Å²) in [5.41, 5.74) is -1.60. The number of thioether (sulfide) groups is 1. The maximum atomic E-state index is 15.2. The van der Waals surface area contributed by atoms with E-state index in [1.54, 1.807) is 17.1 Å². The summed E-state index contributed by atoms with van der Waals surface area (Å²) in [6, 6.07) is 10.9. The number of hydrogen-bond donors (Lipinski definition) is 1. The van der Waals surface area contributed by atoms with Crippen molar-refractivity contribution in [2.75, 3.05) is 24.8 Å². The Hall–Kier alpha value is -3.31. The van der Waals surface area contributed by atoms with Crippen LogP contribution in [-0.2, 0) is 15.9 Å². The van der Waals surface area contributed by atoms with Gasteiger partial charge in [-0.25, -0.2) is 8.78 Å². The second kappa shape index (κ2) is 7.86. The fourth-order valence-corrected chi connectivity index (χ4v) is 6.29. The van der Waals surface area contributed by atoms with E-state index in [1.807, 2.05) is 12.1 Å². The van der Waals surface area contributed by atoms with Crippen LogP contribution in [0.25, 0.3) is 0 Å². The summed E-state index contributed by atoms with van der Waals surface area (Å²) in [5.74, 6) is -3.11. The highest BCUT2D eigenvalue weighted by atomic mass is 32.2. The molecule has 4 heterocycles. The number of carbonyl (C=O) groups is 1. The zero-order chi connectivity index (χ0) is 24.5. The zero-order valence-corrected chi connectivity index (χ0v) is 19.1. The number of nitrogens with zero attached hydrogens (tertiary/aromatic N) is 3. The van der Waals surface area contributed by atoms with Crippen molar-refractivity contribution in [1.82, 2.24) is 9.58 Å². The van der Waals surface area contributed by atoms with Crippen LogP contribution in [-0.4, -0.2) is 54.4 Å². The average molecular weight is 493 g/mol. The third-order valence-electron chi connectivity index (χ3n) is 6.77. The first-order valence-corrected chi connectivity index (χ1v) is 11.9. The lowest BCUT2D eigenvalue weighted by Crippen LogP contribution is -2.71. The van der Waals surface area contributed by atoms with Crippen molar-refractivity contribution in [3.8, 4) is 5.75 Å². The largest absolute Gasteiger partial charge is 0.502 e. The van der Waals surface area contributed by atoms with Crippen molar-refractivity contribution in [1.29, 1.82) is 0 Å². The Kier molecular flexibility index (Phi) is 4.98. The van der Waals surface area contributed by atoms with Crippen molar-refractivity contribution in [3.05, 3.63) is 92.9 Å². The van der Waals surface area contributed by atoms with Gasteiger partial charge in [0.15, 0.2) is 23.1 Å². The molecule has 176 valence electrons. The van der Waals surface area contributed by atoms with E-state index in [9.17, 15) is 19.1 Å². The maximum absolute atomic E-state index is 15.2. The lowest BCUT2D eigenvalue weighted by Gasteiger charge is -2.56. The summed E-state index contributed by atoms with van der Waals surface area (Å²) < 4.78 is 36.5. The molecule has 0 unspecified atom stereocenters. The quantitative estimate of drug-likeness (QED) is 0.525. The third kappa shape index (κ3) is 3.01. The van der Waals surface area contributed by atoms with E-state index in [0.717, 1.165) is 17.0 Å². The van der Waals surface area contributed by atoms with Gasteiger partial charge >= 0.3 is 0 Å². The molecular formula is C24H18BF2N3O4S. The Morgan fingerprint density at radius 2 is 1.91 bits per heavy atom. The summed E-state index contributed by atoms with van der Waals surface area (Å²) in [7, 11) is 7.28. The van der Waals surface area contributed by atoms with E-state index >= 15 is 4.39 Å². The van der Waals surface area contributed by atoms with Crippen LogP contribution in [0, 0.1) is 11.6 Å². The molecule has 3 aliphatic rings. The molecule has 2 aromatic carbocycles. The van der Waals surface area contributed by atoms with Gasteiger partial charge in [-0.05, 0) is 23.3 Å². The first kappa shape index (κ1) is 22.2. The molecule has 1 fully saturated rings. The number of aromatic nitrogens is 1. The lowest BCUT2D eigenvalue weighted by atomic mass is 9.65. The Bertz CT molecular complexity index is 1450. The molecule has 0 spiro atoms. The zero-order valence-electron chi connectivity index (χ0n) is 18.3. The average Bonchev–Trinajstić information content (AvgIpc) is 2.99. The number of amides is 1. The summed E-state index contributed by atoms with van der Waals surface area (Å²) in [6.45, 7) is 0.527. The van der Waals surface area contributed by atoms with Gasteiger partial charge < -0.3 is 14.7 Å². The standard InChI is InChI=1S/C24H18BF2N3O4S/c25-24(14-5-6-16(26)20(27)13(14)12-35-18-4-2-1-3-15(18)24)30-19-11-34-10-9-28(19)23(33)21-22(32)17(31)7-8-29(21)30/h1-8,19,32H,9-12H2/t19-,24-/m1/s1. The van der Waals surface area contributed by atoms with Gasteiger partial charge in [0, 0.05) is 35.0 Å². The van der Waals surface area contributed by atoms with Crippen LogP contribution in [0.4, 0.5) is 8.78 Å². The van der Waals surface area contributed by atoms with Crippen LogP contribution in [0.3, 0.4) is 0 Å². The van der Waals surface area contributed by atoms with Crippen molar-refractivity contribution >= 4 is 25.5 Å². The molecule has 3 aliphatic heterocycles. The summed E-state index contributed by atoms with van der Waals surface area (Å²) >= 11 is 1.32. The number of ether oxygens (including phenoxy) is 1. The van der Waals surface area contributed by atoms with Crippen LogP contribution in [0.15, 0.2) is 58.4 Å². The van der Waals surface area contributed by atoms with E-state index in [1.165, 1.54) is 33.6 Å². The fraction of sp³-hybridized carbons (Fsp3) is 0.250. The lowest BCUT2D eigenvalue weighted by molar-refractivity contribution is -0.0216. The van der Waals surface area contributed by atoms with Crippen LogP contribution in [0.2, 0.25) is 0 Å². The first-order valence-electron chi connectivity index (χ1n) is 11.0. The monoisotopic (exact) mass is 493 g/mol. The topological polar surface area (TPSA) is 75.0 Å². The number of aromatic hydroxyl groups is 1. The Labute approximate surface area is 204 Å². The molecule has 6 rings (SSSR count). The molecule has 1 amide bonds. The second-order valence-electron chi connectivity index (χ2n) is 8.56. The fourth-order valence-electron chi connectivity index (χ4n) is 5.15. The van der Waals surface area contributed by atoms with Crippen LogP contribution in [0.1, 0.15) is 27.2 Å². The van der Waals surface area contributed by atoms with Crippen molar-refractivity contribution in [3.63, 3.8) is 0 Å². The van der Waals surface area contributed by atoms with Gasteiger partial charge in [0.05, 0.1) is 18.7 Å². The SMILES string of the molecule is [B][C@]1(N2[C@@H]3COCCN3C(=O)c3c(O)c(=O)ccn32)c2ccccc2SCc2c1ccc(F)c2F. The van der Waals surface area contributed by atoms with Gasteiger partial charge in [-0.15, -0.1) is 11.8 Å². The van der Waals surface area contributed by atoms with E-state index in [2.05, 4.69) is 0 Å².